The van der Waals surface area contributed by atoms with Crippen LogP contribution in [0, 0.1) is 0 Å². The Bertz CT molecular complexity index is 554. The number of aromatic nitrogens is 1. The van der Waals surface area contributed by atoms with E-state index in [1.54, 1.807) is 0 Å². The Morgan fingerprint density at radius 3 is 2.74 bits per heavy atom. The summed E-state index contributed by atoms with van der Waals surface area (Å²) < 4.78 is 0. The first kappa shape index (κ1) is 13.8. The lowest BCUT2D eigenvalue weighted by Crippen LogP contribution is -2.33. The van der Waals surface area contributed by atoms with Gasteiger partial charge in [-0.1, -0.05) is 18.2 Å². The van der Waals surface area contributed by atoms with Crippen LogP contribution in [0.1, 0.15) is 19.4 Å². The number of para-hydroxylation sites is 1. The average Bonchev–Trinajstić information content (AvgIpc) is 2.38. The van der Waals surface area contributed by atoms with E-state index in [0.29, 0.717) is 24.9 Å². The highest BCUT2D eigenvalue weighted by Gasteiger charge is 2.12. The van der Waals surface area contributed by atoms with E-state index in [1.165, 1.54) is 0 Å². The van der Waals surface area contributed by atoms with E-state index < -0.39 is 0 Å². The number of hydrogen-bond acceptors (Lipinski definition) is 4. The molecule has 1 heterocycles. The molecule has 102 valence electrons. The predicted octanol–water partition coefficient (Wildman–Crippen LogP) is 2.02. The Hall–Kier alpha value is -1.65. The van der Waals surface area contributed by atoms with E-state index >= 15 is 0 Å². The van der Waals surface area contributed by atoms with Gasteiger partial charge in [0.1, 0.15) is 5.82 Å². The summed E-state index contributed by atoms with van der Waals surface area (Å²) in [5, 5.41) is 10.2. The fourth-order valence-electron chi connectivity index (χ4n) is 2.17. The van der Waals surface area contributed by atoms with Crippen LogP contribution in [-0.4, -0.2) is 34.2 Å². The summed E-state index contributed by atoms with van der Waals surface area (Å²) in [6.45, 7) is 5.73. The number of aliphatic hydroxyl groups excluding tert-OH is 1. The summed E-state index contributed by atoms with van der Waals surface area (Å²) in [4.78, 5) is 6.62. The lowest BCUT2D eigenvalue weighted by molar-refractivity contribution is 0.159. The molecular formula is C15H21N3O. The molecule has 3 N–H and O–H groups in total. The first-order valence-electron chi connectivity index (χ1n) is 6.61. The fourth-order valence-corrected chi connectivity index (χ4v) is 2.17. The number of pyridine rings is 1. The number of benzene rings is 1. The molecule has 0 saturated carbocycles. The van der Waals surface area contributed by atoms with Crippen molar-refractivity contribution in [1.29, 1.82) is 0 Å². The molecule has 0 atom stereocenters. The maximum absolute atomic E-state index is 9.12. The van der Waals surface area contributed by atoms with Gasteiger partial charge >= 0.3 is 0 Å². The van der Waals surface area contributed by atoms with Crippen molar-refractivity contribution in [3.63, 3.8) is 0 Å². The van der Waals surface area contributed by atoms with Gasteiger partial charge in [0.2, 0.25) is 0 Å². The van der Waals surface area contributed by atoms with Gasteiger partial charge in [-0.05, 0) is 26.0 Å². The molecule has 0 bridgehead atoms. The third-order valence-corrected chi connectivity index (χ3v) is 3.33. The molecule has 1 aromatic carbocycles. The predicted molar refractivity (Wildman–Crippen MR) is 78.8 cm³/mol. The van der Waals surface area contributed by atoms with Gasteiger partial charge in [-0.25, -0.2) is 4.98 Å². The van der Waals surface area contributed by atoms with Gasteiger partial charge in [0.15, 0.2) is 0 Å². The summed E-state index contributed by atoms with van der Waals surface area (Å²) in [5.74, 6) is 0.572. The molecular weight excluding hydrogens is 238 g/mol. The van der Waals surface area contributed by atoms with Crippen LogP contribution < -0.4 is 5.73 Å². The second kappa shape index (κ2) is 5.99. The molecule has 0 fully saturated rings. The average molecular weight is 259 g/mol. The number of fused-ring (bicyclic) bond motifs is 1. The lowest BCUT2D eigenvalue weighted by atomic mass is 10.1. The highest BCUT2D eigenvalue weighted by Crippen LogP contribution is 2.20. The second-order valence-electron chi connectivity index (χ2n) is 5.01. The standard InChI is InChI=1S/C15H21N3O/c1-11(2)18(7-8-19)10-13-9-12-5-3-4-6-14(12)17-15(13)16/h3-6,9,11,19H,7-8,10H2,1-2H3,(H2,16,17). The van der Waals surface area contributed by atoms with E-state index in [4.69, 9.17) is 10.8 Å². The van der Waals surface area contributed by atoms with Gasteiger partial charge in [-0.3, -0.25) is 4.90 Å². The molecule has 0 spiro atoms. The first-order valence-corrected chi connectivity index (χ1v) is 6.61. The molecule has 0 aliphatic rings. The van der Waals surface area contributed by atoms with Crippen LogP contribution in [0.4, 0.5) is 5.82 Å². The number of nitrogens with zero attached hydrogens (tertiary/aromatic N) is 2. The number of nitrogens with two attached hydrogens (primary N) is 1. The highest BCUT2D eigenvalue weighted by atomic mass is 16.3. The first-order chi connectivity index (χ1) is 9.11. The molecule has 0 saturated heterocycles. The van der Waals surface area contributed by atoms with Crippen molar-refractivity contribution in [1.82, 2.24) is 9.88 Å². The quantitative estimate of drug-likeness (QED) is 0.862. The maximum atomic E-state index is 9.12. The van der Waals surface area contributed by atoms with Crippen molar-refractivity contribution in [2.75, 3.05) is 18.9 Å². The number of hydrogen-bond donors (Lipinski definition) is 2. The van der Waals surface area contributed by atoms with Crippen molar-refractivity contribution in [3.05, 3.63) is 35.9 Å². The molecule has 4 nitrogen and oxygen atoms in total. The smallest absolute Gasteiger partial charge is 0.128 e. The Balaban J connectivity index is 2.31. The van der Waals surface area contributed by atoms with Crippen LogP contribution >= 0.6 is 0 Å². The van der Waals surface area contributed by atoms with Crippen molar-refractivity contribution >= 4 is 16.7 Å². The van der Waals surface area contributed by atoms with Crippen molar-refractivity contribution in [3.8, 4) is 0 Å². The Morgan fingerprint density at radius 2 is 2.05 bits per heavy atom. The van der Waals surface area contributed by atoms with Gasteiger partial charge in [-0.2, -0.15) is 0 Å². The van der Waals surface area contributed by atoms with E-state index in [-0.39, 0.29) is 6.61 Å². The lowest BCUT2D eigenvalue weighted by Gasteiger charge is -2.26. The van der Waals surface area contributed by atoms with Gasteiger partial charge < -0.3 is 10.8 Å². The third kappa shape index (κ3) is 3.22. The van der Waals surface area contributed by atoms with Crippen LogP contribution in [-0.2, 0) is 6.54 Å². The minimum absolute atomic E-state index is 0.152. The normalized spacial score (nSPS) is 11.6. The summed E-state index contributed by atoms with van der Waals surface area (Å²) in [5.41, 5.74) is 7.96. The third-order valence-electron chi connectivity index (χ3n) is 3.33. The number of nitrogen functional groups attached to an aromatic ring is 1. The molecule has 1 aromatic heterocycles. The number of aliphatic hydroxyl groups is 1. The molecule has 0 radical (unpaired) electrons. The largest absolute Gasteiger partial charge is 0.395 e. The minimum Gasteiger partial charge on any atom is -0.395 e. The van der Waals surface area contributed by atoms with Crippen LogP contribution in [0.2, 0.25) is 0 Å². The second-order valence-corrected chi connectivity index (χ2v) is 5.01. The Kier molecular flexibility index (Phi) is 4.35. The van der Waals surface area contributed by atoms with Gasteiger partial charge in [0.05, 0.1) is 12.1 Å². The summed E-state index contributed by atoms with van der Waals surface area (Å²) in [6.07, 6.45) is 0. The van der Waals surface area contributed by atoms with E-state index in [1.807, 2.05) is 24.3 Å². The van der Waals surface area contributed by atoms with Crippen LogP contribution in [0.25, 0.3) is 10.9 Å². The van der Waals surface area contributed by atoms with E-state index in [0.717, 1.165) is 16.5 Å². The topological polar surface area (TPSA) is 62.4 Å². The van der Waals surface area contributed by atoms with Crippen LogP contribution in [0.3, 0.4) is 0 Å². The molecule has 2 aromatic rings. The summed E-state index contributed by atoms with van der Waals surface area (Å²) in [6, 6.07) is 10.4. The Labute approximate surface area is 113 Å². The zero-order chi connectivity index (χ0) is 13.8. The van der Waals surface area contributed by atoms with Gasteiger partial charge in [0, 0.05) is 30.1 Å². The molecule has 19 heavy (non-hydrogen) atoms. The molecule has 0 aliphatic carbocycles. The maximum Gasteiger partial charge on any atom is 0.128 e. The minimum atomic E-state index is 0.152. The molecule has 0 amide bonds. The molecule has 0 aliphatic heterocycles. The monoisotopic (exact) mass is 259 g/mol. The van der Waals surface area contributed by atoms with Crippen molar-refractivity contribution < 1.29 is 5.11 Å². The zero-order valence-corrected chi connectivity index (χ0v) is 11.5. The van der Waals surface area contributed by atoms with Crippen molar-refractivity contribution in [2.45, 2.75) is 26.4 Å². The Morgan fingerprint density at radius 1 is 1.32 bits per heavy atom. The molecule has 0 unspecified atom stereocenters. The SMILES string of the molecule is CC(C)N(CCO)Cc1cc2ccccc2nc1N. The zero-order valence-electron chi connectivity index (χ0n) is 11.5. The fraction of sp³-hybridized carbons (Fsp3) is 0.400. The van der Waals surface area contributed by atoms with E-state index in [9.17, 15) is 0 Å². The number of rotatable bonds is 5. The van der Waals surface area contributed by atoms with Crippen LogP contribution in [0.15, 0.2) is 30.3 Å². The summed E-state index contributed by atoms with van der Waals surface area (Å²) in [7, 11) is 0. The summed E-state index contributed by atoms with van der Waals surface area (Å²) >= 11 is 0. The van der Waals surface area contributed by atoms with Crippen LogP contribution in [0.5, 0.6) is 0 Å². The van der Waals surface area contributed by atoms with Gasteiger partial charge in [0.25, 0.3) is 0 Å². The number of anilines is 1. The van der Waals surface area contributed by atoms with E-state index in [2.05, 4.69) is 29.8 Å². The highest BCUT2D eigenvalue weighted by molar-refractivity contribution is 5.81. The molecule has 2 rings (SSSR count). The van der Waals surface area contributed by atoms with Crippen molar-refractivity contribution in [2.24, 2.45) is 0 Å². The molecule has 4 heteroatoms. The van der Waals surface area contributed by atoms with Gasteiger partial charge in [-0.15, -0.1) is 0 Å².